The number of rotatable bonds is 7. The molecule has 13 heteroatoms. The molecule has 2 atom stereocenters. The quantitative estimate of drug-likeness (QED) is 0.123. The Morgan fingerprint density at radius 3 is 2.43 bits per heavy atom. The molecule has 3 aromatic rings. The van der Waals surface area contributed by atoms with Crippen molar-refractivity contribution in [3.63, 3.8) is 0 Å². The smallest absolute Gasteiger partial charge is 0.424 e. The zero-order chi connectivity index (χ0) is 27.8. The number of carbonyl (C=O) groups is 1. The molecular formula is C24H21ClF4IN3O4. The van der Waals surface area contributed by atoms with Crippen LogP contribution in [0.3, 0.4) is 0 Å². The number of halogens is 6. The predicted molar refractivity (Wildman–Crippen MR) is 137 cm³/mol. The number of nitrogens with zero attached hydrogens (tertiary/aromatic N) is 1. The molecule has 0 saturated carbocycles. The number of hydrogen-bond donors (Lipinski definition) is 4. The molecule has 1 heterocycles. The Morgan fingerprint density at radius 1 is 1.19 bits per heavy atom. The first-order chi connectivity index (χ1) is 17.1. The van der Waals surface area contributed by atoms with Gasteiger partial charge in [0.05, 0.1) is 33.6 Å². The second-order valence-corrected chi connectivity index (χ2v) is 10.9. The lowest BCUT2D eigenvalue weighted by atomic mass is 9.93. The molecule has 7 nitrogen and oxygen atoms in total. The lowest BCUT2D eigenvalue weighted by molar-refractivity contribution is -0.265. The third kappa shape index (κ3) is 6.25. The molecule has 2 unspecified atom stereocenters. The molecule has 5 N–H and O–H groups in total. The third-order valence-electron chi connectivity index (χ3n) is 5.44. The van der Waals surface area contributed by atoms with Crippen molar-refractivity contribution >= 4 is 40.1 Å². The number of ether oxygens (including phenoxy) is 1. The normalized spacial score (nSPS) is 15.0. The molecule has 0 aliphatic rings. The second kappa shape index (κ2) is 10.6. The minimum Gasteiger partial charge on any atom is -0.504 e. The van der Waals surface area contributed by atoms with Gasteiger partial charge in [0.1, 0.15) is 5.82 Å². The molecule has 0 bridgehead atoms. The molecule has 0 fully saturated rings. The summed E-state index contributed by atoms with van der Waals surface area (Å²) in [6, 6.07) is 9.30. The van der Waals surface area contributed by atoms with Crippen LogP contribution in [0.4, 0.5) is 17.6 Å². The number of nitrogens with two attached hydrogens (primary N) is 1. The number of hydrogen-bond acceptors (Lipinski definition) is 6. The van der Waals surface area contributed by atoms with E-state index < -0.39 is 39.3 Å². The number of aromatic hydroxyl groups is 1. The highest BCUT2D eigenvalue weighted by Crippen LogP contribution is 2.41. The van der Waals surface area contributed by atoms with Gasteiger partial charge in [-0.1, -0.05) is 34.2 Å². The zero-order valence-electron chi connectivity index (χ0n) is 19.3. The van der Waals surface area contributed by atoms with Gasteiger partial charge in [-0.25, -0.2) is 9.37 Å². The van der Waals surface area contributed by atoms with Crippen LogP contribution in [0.25, 0.3) is 11.3 Å². The molecule has 0 spiro atoms. The van der Waals surface area contributed by atoms with Gasteiger partial charge in [-0.3, -0.25) is 4.79 Å². The second-order valence-electron chi connectivity index (χ2n) is 8.26. The predicted octanol–water partition coefficient (Wildman–Crippen LogP) is 5.00. The fourth-order valence-electron chi connectivity index (χ4n) is 3.29. The number of amides is 1. The Hall–Kier alpha value is -2.68. The molecule has 198 valence electrons. The van der Waals surface area contributed by atoms with Gasteiger partial charge in [0.15, 0.2) is 11.5 Å². The van der Waals surface area contributed by atoms with Gasteiger partial charge in [-0.05, 0) is 61.0 Å². The van der Waals surface area contributed by atoms with Crippen LogP contribution in [-0.4, -0.2) is 40.9 Å². The highest BCUT2D eigenvalue weighted by molar-refractivity contribution is 14.1. The first-order valence-electron chi connectivity index (χ1n) is 10.5. The van der Waals surface area contributed by atoms with E-state index >= 15 is 0 Å². The highest BCUT2D eigenvalue weighted by Gasteiger charge is 2.56. The van der Waals surface area contributed by atoms with Crippen molar-refractivity contribution in [1.29, 1.82) is 0 Å². The number of methoxy groups -OCH3 is 1. The maximum atomic E-state index is 14.3. The molecule has 0 aliphatic carbocycles. The number of aromatic nitrogens is 1. The monoisotopic (exact) mass is 653 g/mol. The number of phenolic OH excluding ortho intramolecular Hbond substituents is 1. The molecule has 0 radical (unpaired) electrons. The van der Waals surface area contributed by atoms with E-state index in [-0.39, 0.29) is 38.9 Å². The number of nitrogens with one attached hydrogen (secondary N) is 1. The first kappa shape index (κ1) is 28.9. The molecule has 0 saturated heterocycles. The average molecular weight is 654 g/mol. The molecule has 3 rings (SSSR count). The summed E-state index contributed by atoms with van der Waals surface area (Å²) in [5, 5.41) is 22.4. The van der Waals surface area contributed by atoms with Crippen molar-refractivity contribution < 1.29 is 37.3 Å². The summed E-state index contributed by atoms with van der Waals surface area (Å²) >= 11 is 7.64. The van der Waals surface area contributed by atoms with E-state index in [1.54, 1.807) is 22.6 Å². The Labute approximate surface area is 227 Å². The standard InChI is InChI=1S/C24H21ClF4IN3O4/c1-22(30,31)14-9-17(12-3-5-16(26)15(25)7-12)33-20(10-14)23(36,24(27,28)29)11-32-21(35)13-4-6-18(34)19(8-13)37-2/h3-10,34,36H,11,31H2,1-2H3,(H,32,35). The van der Waals surface area contributed by atoms with Crippen LogP contribution < -0.4 is 15.8 Å². The van der Waals surface area contributed by atoms with Gasteiger partial charge in [-0.2, -0.15) is 13.2 Å². The maximum Gasteiger partial charge on any atom is 0.424 e. The van der Waals surface area contributed by atoms with Gasteiger partial charge in [0.25, 0.3) is 5.91 Å². The molecular weight excluding hydrogens is 633 g/mol. The summed E-state index contributed by atoms with van der Waals surface area (Å²) in [6.07, 6.45) is -5.29. The number of pyridine rings is 1. The number of phenols is 1. The lowest BCUT2D eigenvalue weighted by Crippen LogP contribution is -2.51. The highest BCUT2D eigenvalue weighted by atomic mass is 127. The SMILES string of the molecule is COc1cc(C(=O)NCC(O)(c2cc(C(C)(N)I)cc(-c3ccc(F)c(Cl)c3)n2)C(F)(F)F)ccc1O. The van der Waals surface area contributed by atoms with Crippen molar-refractivity contribution in [3.8, 4) is 22.8 Å². The number of aliphatic hydroxyl groups is 1. The summed E-state index contributed by atoms with van der Waals surface area (Å²) in [5.41, 5.74) is 1.82. The van der Waals surface area contributed by atoms with E-state index in [0.29, 0.717) is 0 Å². The first-order valence-corrected chi connectivity index (χ1v) is 11.9. The van der Waals surface area contributed by atoms with E-state index in [1.165, 1.54) is 38.3 Å². The van der Waals surface area contributed by atoms with Crippen LogP contribution in [0.2, 0.25) is 5.02 Å². The maximum absolute atomic E-state index is 14.3. The van der Waals surface area contributed by atoms with E-state index in [2.05, 4.69) is 10.3 Å². The topological polar surface area (TPSA) is 118 Å². The Bertz CT molecular complexity index is 1330. The minimum absolute atomic E-state index is 0.0555. The summed E-state index contributed by atoms with van der Waals surface area (Å²) in [6.45, 7) is 0.224. The van der Waals surface area contributed by atoms with Crippen molar-refractivity contribution in [2.45, 2.75) is 22.2 Å². The molecule has 37 heavy (non-hydrogen) atoms. The Balaban J connectivity index is 2.08. The van der Waals surface area contributed by atoms with E-state index in [9.17, 15) is 32.6 Å². The van der Waals surface area contributed by atoms with E-state index in [0.717, 1.165) is 24.3 Å². The van der Waals surface area contributed by atoms with Crippen molar-refractivity contribution in [2.24, 2.45) is 5.73 Å². The summed E-state index contributed by atoms with van der Waals surface area (Å²) < 4.78 is 60.3. The number of alkyl halides is 4. The molecule has 0 aliphatic heterocycles. The average Bonchev–Trinajstić information content (AvgIpc) is 2.82. The van der Waals surface area contributed by atoms with Crippen molar-refractivity contribution in [3.05, 3.63) is 76.2 Å². The summed E-state index contributed by atoms with van der Waals surface area (Å²) in [4.78, 5) is 16.6. The lowest BCUT2D eigenvalue weighted by Gasteiger charge is -2.31. The van der Waals surface area contributed by atoms with E-state index in [1.807, 2.05) is 0 Å². The fraction of sp³-hybridized carbons (Fsp3) is 0.250. The summed E-state index contributed by atoms with van der Waals surface area (Å²) in [7, 11) is 1.24. The van der Waals surface area contributed by atoms with E-state index in [4.69, 9.17) is 22.1 Å². The summed E-state index contributed by atoms with van der Waals surface area (Å²) in [5.74, 6) is -2.05. The van der Waals surface area contributed by atoms with Gasteiger partial charge < -0.3 is 26.0 Å². The van der Waals surface area contributed by atoms with Crippen molar-refractivity contribution in [1.82, 2.24) is 10.3 Å². The van der Waals surface area contributed by atoms with Gasteiger partial charge in [-0.15, -0.1) is 0 Å². The molecule has 2 aromatic carbocycles. The number of benzene rings is 2. The number of carbonyl (C=O) groups excluding carboxylic acids is 1. The van der Waals surface area contributed by atoms with Crippen LogP contribution >= 0.6 is 34.2 Å². The van der Waals surface area contributed by atoms with Crippen LogP contribution in [0.5, 0.6) is 11.5 Å². The fourth-order valence-corrected chi connectivity index (χ4v) is 3.79. The Morgan fingerprint density at radius 2 is 1.86 bits per heavy atom. The Kier molecular flexibility index (Phi) is 8.27. The van der Waals surface area contributed by atoms with Crippen molar-refractivity contribution in [2.75, 3.05) is 13.7 Å². The third-order valence-corrected chi connectivity index (χ3v) is 6.36. The van der Waals surface area contributed by atoms with Crippen LogP contribution in [0, 0.1) is 5.82 Å². The van der Waals surface area contributed by atoms with Crippen LogP contribution in [0.15, 0.2) is 48.5 Å². The molecule has 1 amide bonds. The van der Waals surface area contributed by atoms with Gasteiger partial charge >= 0.3 is 6.18 Å². The zero-order valence-corrected chi connectivity index (χ0v) is 22.2. The largest absolute Gasteiger partial charge is 0.504 e. The van der Waals surface area contributed by atoms with Gasteiger partial charge in [0, 0.05) is 11.1 Å². The van der Waals surface area contributed by atoms with Gasteiger partial charge in [0.2, 0.25) is 5.60 Å². The van der Waals surface area contributed by atoms with Crippen LogP contribution in [-0.2, 0) is 9.15 Å². The minimum atomic E-state index is -5.29. The van der Waals surface area contributed by atoms with Crippen LogP contribution in [0.1, 0.15) is 28.5 Å². The molecule has 1 aromatic heterocycles.